The molecule has 1 N–H and O–H groups in total. The van der Waals surface area contributed by atoms with E-state index in [9.17, 15) is 0 Å². The van der Waals surface area contributed by atoms with Crippen LogP contribution < -0.4 is 10.1 Å². The molecule has 0 saturated carbocycles. The first kappa shape index (κ1) is 13.3. The van der Waals surface area contributed by atoms with Crippen molar-refractivity contribution in [2.24, 2.45) is 0 Å². The van der Waals surface area contributed by atoms with E-state index in [0.29, 0.717) is 6.61 Å². The number of thiazole rings is 1. The van der Waals surface area contributed by atoms with E-state index in [1.165, 1.54) is 4.88 Å². The van der Waals surface area contributed by atoms with Gasteiger partial charge in [0.1, 0.15) is 5.75 Å². The van der Waals surface area contributed by atoms with Gasteiger partial charge in [-0.3, -0.25) is 0 Å². The SMILES string of the molecule is CNCc1cnc(CCOc2ccc(Cl)cc2)s1. The van der Waals surface area contributed by atoms with E-state index in [1.54, 1.807) is 11.3 Å². The normalized spacial score (nSPS) is 10.6. The van der Waals surface area contributed by atoms with Crippen molar-refractivity contribution in [2.75, 3.05) is 13.7 Å². The number of hydrogen-bond donors (Lipinski definition) is 1. The maximum atomic E-state index is 5.80. The molecule has 3 nitrogen and oxygen atoms in total. The monoisotopic (exact) mass is 282 g/mol. The van der Waals surface area contributed by atoms with Gasteiger partial charge in [0.25, 0.3) is 0 Å². The molecule has 0 aliphatic carbocycles. The summed E-state index contributed by atoms with van der Waals surface area (Å²) in [6.07, 6.45) is 2.75. The van der Waals surface area contributed by atoms with Gasteiger partial charge in [-0.1, -0.05) is 11.6 Å². The van der Waals surface area contributed by atoms with Crippen LogP contribution in [0, 0.1) is 0 Å². The highest BCUT2D eigenvalue weighted by Crippen LogP contribution is 2.17. The molecule has 0 bridgehead atoms. The minimum absolute atomic E-state index is 0.633. The van der Waals surface area contributed by atoms with Gasteiger partial charge in [-0.25, -0.2) is 4.98 Å². The van der Waals surface area contributed by atoms with Gasteiger partial charge in [0.05, 0.1) is 11.6 Å². The number of aromatic nitrogens is 1. The second-order valence-electron chi connectivity index (χ2n) is 3.80. The van der Waals surface area contributed by atoms with Crippen molar-refractivity contribution in [1.29, 1.82) is 0 Å². The molecule has 1 aromatic heterocycles. The highest BCUT2D eigenvalue weighted by molar-refractivity contribution is 7.11. The van der Waals surface area contributed by atoms with Gasteiger partial charge in [-0.15, -0.1) is 11.3 Å². The van der Waals surface area contributed by atoms with E-state index in [2.05, 4.69) is 10.3 Å². The van der Waals surface area contributed by atoms with Crippen molar-refractivity contribution in [3.8, 4) is 5.75 Å². The van der Waals surface area contributed by atoms with Gasteiger partial charge in [0, 0.05) is 29.1 Å². The van der Waals surface area contributed by atoms with E-state index < -0.39 is 0 Å². The average Bonchev–Trinajstić information content (AvgIpc) is 2.80. The molecule has 0 aliphatic rings. The second-order valence-corrected chi connectivity index (χ2v) is 5.44. The van der Waals surface area contributed by atoms with Crippen molar-refractivity contribution >= 4 is 22.9 Å². The summed E-state index contributed by atoms with van der Waals surface area (Å²) in [6.45, 7) is 1.50. The third kappa shape index (κ3) is 3.98. The molecule has 0 saturated heterocycles. The Kier molecular flexibility index (Phi) is 4.99. The number of halogens is 1. The molecule has 1 aromatic carbocycles. The number of ether oxygens (including phenoxy) is 1. The van der Waals surface area contributed by atoms with Crippen LogP contribution in [-0.2, 0) is 13.0 Å². The van der Waals surface area contributed by atoms with Gasteiger partial charge >= 0.3 is 0 Å². The maximum Gasteiger partial charge on any atom is 0.119 e. The molecule has 96 valence electrons. The predicted molar refractivity (Wildman–Crippen MR) is 75.5 cm³/mol. The lowest BCUT2D eigenvalue weighted by atomic mass is 10.3. The first-order valence-electron chi connectivity index (χ1n) is 5.74. The fourth-order valence-corrected chi connectivity index (χ4v) is 2.55. The van der Waals surface area contributed by atoms with Gasteiger partial charge < -0.3 is 10.1 Å². The zero-order valence-corrected chi connectivity index (χ0v) is 11.7. The van der Waals surface area contributed by atoms with Crippen LogP contribution >= 0.6 is 22.9 Å². The van der Waals surface area contributed by atoms with Crippen LogP contribution in [0.5, 0.6) is 5.75 Å². The molecule has 1 heterocycles. The summed E-state index contributed by atoms with van der Waals surface area (Å²) in [5, 5.41) is 4.94. The van der Waals surface area contributed by atoms with E-state index in [0.717, 1.165) is 28.7 Å². The molecule has 0 atom stereocenters. The molecule has 0 amide bonds. The summed E-state index contributed by atoms with van der Waals surface area (Å²) in [6, 6.07) is 7.39. The zero-order valence-electron chi connectivity index (χ0n) is 10.1. The molecule has 2 aromatic rings. The first-order valence-corrected chi connectivity index (χ1v) is 6.94. The highest BCUT2D eigenvalue weighted by Gasteiger charge is 2.02. The molecular formula is C13H15ClN2OS. The number of nitrogens with zero attached hydrogens (tertiary/aromatic N) is 1. The van der Waals surface area contributed by atoms with Crippen molar-refractivity contribution in [1.82, 2.24) is 10.3 Å². The lowest BCUT2D eigenvalue weighted by Crippen LogP contribution is -2.02. The van der Waals surface area contributed by atoms with Crippen molar-refractivity contribution in [3.05, 3.63) is 45.4 Å². The molecule has 0 spiro atoms. The third-order valence-electron chi connectivity index (χ3n) is 2.35. The minimum atomic E-state index is 0.633. The smallest absolute Gasteiger partial charge is 0.119 e. The molecule has 2 rings (SSSR count). The molecule has 5 heteroatoms. The number of rotatable bonds is 6. The standard InChI is InChI=1S/C13H15ClN2OS/c1-15-8-12-9-16-13(18-12)6-7-17-11-4-2-10(14)3-5-11/h2-5,9,15H,6-8H2,1H3. The van der Waals surface area contributed by atoms with Gasteiger partial charge in [0.15, 0.2) is 0 Å². The van der Waals surface area contributed by atoms with Crippen LogP contribution in [0.2, 0.25) is 5.02 Å². The number of hydrogen-bond acceptors (Lipinski definition) is 4. The Bertz CT molecular complexity index is 484. The Morgan fingerprint density at radius 1 is 1.33 bits per heavy atom. The van der Waals surface area contributed by atoms with E-state index in [1.807, 2.05) is 37.5 Å². The summed E-state index contributed by atoms with van der Waals surface area (Å²) < 4.78 is 5.63. The Hall–Kier alpha value is -1.10. The van der Waals surface area contributed by atoms with Gasteiger partial charge in [0.2, 0.25) is 0 Å². The molecule has 0 fully saturated rings. The fraction of sp³-hybridized carbons (Fsp3) is 0.308. The summed E-state index contributed by atoms with van der Waals surface area (Å²) in [7, 11) is 1.93. The average molecular weight is 283 g/mol. The maximum absolute atomic E-state index is 5.80. The van der Waals surface area contributed by atoms with Crippen LogP contribution in [0.15, 0.2) is 30.5 Å². The molecule has 0 aliphatic heterocycles. The predicted octanol–water partition coefficient (Wildman–Crippen LogP) is 3.14. The first-order chi connectivity index (χ1) is 8.78. The summed E-state index contributed by atoms with van der Waals surface area (Å²) >= 11 is 7.52. The van der Waals surface area contributed by atoms with Gasteiger partial charge in [-0.05, 0) is 31.3 Å². The van der Waals surface area contributed by atoms with E-state index in [-0.39, 0.29) is 0 Å². The quantitative estimate of drug-likeness (QED) is 0.884. The highest BCUT2D eigenvalue weighted by atomic mass is 35.5. The fourth-order valence-electron chi connectivity index (χ4n) is 1.51. The number of benzene rings is 1. The van der Waals surface area contributed by atoms with Crippen LogP contribution in [0.25, 0.3) is 0 Å². The Morgan fingerprint density at radius 2 is 2.11 bits per heavy atom. The largest absolute Gasteiger partial charge is 0.493 e. The molecule has 0 unspecified atom stereocenters. The minimum Gasteiger partial charge on any atom is -0.493 e. The van der Waals surface area contributed by atoms with Crippen LogP contribution in [0.4, 0.5) is 0 Å². The van der Waals surface area contributed by atoms with Crippen LogP contribution in [-0.4, -0.2) is 18.6 Å². The summed E-state index contributed by atoms with van der Waals surface area (Å²) in [4.78, 5) is 5.61. The molecular weight excluding hydrogens is 268 g/mol. The lowest BCUT2D eigenvalue weighted by molar-refractivity contribution is 0.322. The summed E-state index contributed by atoms with van der Waals surface area (Å²) in [5.74, 6) is 0.839. The van der Waals surface area contributed by atoms with Gasteiger partial charge in [-0.2, -0.15) is 0 Å². The Morgan fingerprint density at radius 3 is 2.83 bits per heavy atom. The molecule has 18 heavy (non-hydrogen) atoms. The Labute approximate surface area is 116 Å². The zero-order chi connectivity index (χ0) is 12.8. The third-order valence-corrected chi connectivity index (χ3v) is 3.66. The van der Waals surface area contributed by atoms with Crippen molar-refractivity contribution in [3.63, 3.8) is 0 Å². The topological polar surface area (TPSA) is 34.2 Å². The second kappa shape index (κ2) is 6.73. The Balaban J connectivity index is 1.79. The number of nitrogens with one attached hydrogen (secondary N) is 1. The van der Waals surface area contributed by atoms with E-state index in [4.69, 9.17) is 16.3 Å². The van der Waals surface area contributed by atoms with Crippen LogP contribution in [0.3, 0.4) is 0 Å². The van der Waals surface area contributed by atoms with Crippen molar-refractivity contribution in [2.45, 2.75) is 13.0 Å². The van der Waals surface area contributed by atoms with Crippen LogP contribution in [0.1, 0.15) is 9.88 Å². The van der Waals surface area contributed by atoms with E-state index >= 15 is 0 Å². The lowest BCUT2D eigenvalue weighted by Gasteiger charge is -2.04. The van der Waals surface area contributed by atoms with Crippen molar-refractivity contribution < 1.29 is 4.74 Å². The molecule has 0 radical (unpaired) electrons. The summed E-state index contributed by atoms with van der Waals surface area (Å²) in [5.41, 5.74) is 0.